The Kier molecular flexibility index (Phi) is 2.95. The van der Waals surface area contributed by atoms with Gasteiger partial charge in [0.05, 0.1) is 11.6 Å². The van der Waals surface area contributed by atoms with Crippen LogP contribution in [0.15, 0.2) is 19.8 Å². The summed E-state index contributed by atoms with van der Waals surface area (Å²) in [7, 11) is 0. The summed E-state index contributed by atoms with van der Waals surface area (Å²) in [6, 6.07) is 1.43. The first kappa shape index (κ1) is 13.4. The maximum Gasteiger partial charge on any atom is 0.291 e. The Labute approximate surface area is 126 Å². The summed E-state index contributed by atoms with van der Waals surface area (Å²) in [5.74, 6) is 2.20. The third-order valence-electron chi connectivity index (χ3n) is 4.31. The fourth-order valence-corrected chi connectivity index (χ4v) is 2.77. The van der Waals surface area contributed by atoms with Gasteiger partial charge < -0.3 is 13.8 Å². The van der Waals surface area contributed by atoms with E-state index < -0.39 is 0 Å². The Hall–Kier alpha value is -2.31. The van der Waals surface area contributed by atoms with E-state index in [1.807, 2.05) is 0 Å². The van der Waals surface area contributed by atoms with Gasteiger partial charge in [0.25, 0.3) is 11.5 Å². The van der Waals surface area contributed by atoms with Crippen molar-refractivity contribution in [1.29, 1.82) is 0 Å². The molecule has 1 N–H and O–H groups in total. The zero-order valence-electron chi connectivity index (χ0n) is 12.3. The summed E-state index contributed by atoms with van der Waals surface area (Å²) in [5.41, 5.74) is 0.396. The molecule has 2 aliphatic rings. The average Bonchev–Trinajstić information content (AvgIpc) is 3.01. The molecular weight excluding hydrogens is 286 g/mol. The minimum absolute atomic E-state index is 0.0667. The van der Waals surface area contributed by atoms with Gasteiger partial charge in [0.1, 0.15) is 5.76 Å². The number of likely N-dealkylation sites (tertiary alicyclic amines) is 1. The van der Waals surface area contributed by atoms with Crippen LogP contribution in [0, 0.1) is 12.8 Å². The van der Waals surface area contributed by atoms with Crippen LogP contribution in [0.25, 0.3) is 0 Å². The van der Waals surface area contributed by atoms with E-state index in [0.717, 1.165) is 6.42 Å². The molecule has 116 valence electrons. The highest BCUT2D eigenvalue weighted by Crippen LogP contribution is 2.33. The van der Waals surface area contributed by atoms with E-state index in [-0.39, 0.29) is 17.4 Å². The maximum atomic E-state index is 12.4. The summed E-state index contributed by atoms with van der Waals surface area (Å²) in [6.07, 6.45) is 3.27. The SMILES string of the molecule is Cc1nc(CC2CC2)oc1C(=O)N1CC(c2cc(=O)[nH]o2)C1. The number of rotatable bonds is 4. The van der Waals surface area contributed by atoms with Gasteiger partial charge in [-0.25, -0.2) is 4.98 Å². The lowest BCUT2D eigenvalue weighted by molar-refractivity contribution is 0.0539. The molecule has 2 aromatic rings. The van der Waals surface area contributed by atoms with E-state index in [9.17, 15) is 9.59 Å². The summed E-state index contributed by atoms with van der Waals surface area (Å²) in [6.45, 7) is 2.85. The van der Waals surface area contributed by atoms with Gasteiger partial charge in [-0.1, -0.05) is 0 Å². The first-order valence-electron chi connectivity index (χ1n) is 7.54. The number of oxazole rings is 1. The van der Waals surface area contributed by atoms with Crippen molar-refractivity contribution in [3.8, 4) is 0 Å². The van der Waals surface area contributed by atoms with Crippen molar-refractivity contribution in [3.05, 3.63) is 39.5 Å². The number of aryl methyl sites for hydroxylation is 1. The van der Waals surface area contributed by atoms with Gasteiger partial charge in [-0.05, 0) is 25.7 Å². The highest BCUT2D eigenvalue weighted by atomic mass is 16.5. The van der Waals surface area contributed by atoms with E-state index >= 15 is 0 Å². The van der Waals surface area contributed by atoms with Crippen molar-refractivity contribution >= 4 is 5.91 Å². The van der Waals surface area contributed by atoms with Gasteiger partial charge in [0.2, 0.25) is 5.76 Å². The number of H-pyrrole nitrogens is 1. The van der Waals surface area contributed by atoms with E-state index in [0.29, 0.717) is 42.1 Å². The molecule has 1 aliphatic heterocycles. The molecule has 0 atom stereocenters. The van der Waals surface area contributed by atoms with E-state index in [2.05, 4.69) is 10.1 Å². The lowest BCUT2D eigenvalue weighted by Crippen LogP contribution is -2.48. The quantitative estimate of drug-likeness (QED) is 0.923. The first-order valence-corrected chi connectivity index (χ1v) is 7.54. The predicted octanol–water partition coefficient (Wildman–Crippen LogP) is 1.46. The Morgan fingerprint density at radius 1 is 1.45 bits per heavy atom. The Bertz CT molecular complexity index is 762. The largest absolute Gasteiger partial charge is 0.435 e. The minimum atomic E-state index is -0.254. The molecule has 7 heteroatoms. The first-order chi connectivity index (χ1) is 10.6. The molecule has 0 spiro atoms. The van der Waals surface area contributed by atoms with Crippen LogP contribution < -0.4 is 5.56 Å². The van der Waals surface area contributed by atoms with Crippen molar-refractivity contribution in [3.63, 3.8) is 0 Å². The van der Waals surface area contributed by atoms with Crippen molar-refractivity contribution in [2.24, 2.45) is 5.92 Å². The molecule has 0 radical (unpaired) electrons. The number of aromatic amines is 1. The summed E-state index contributed by atoms with van der Waals surface area (Å²) < 4.78 is 10.7. The van der Waals surface area contributed by atoms with Crippen LogP contribution in [0.4, 0.5) is 0 Å². The molecular formula is C15H17N3O4. The lowest BCUT2D eigenvalue weighted by Gasteiger charge is -2.37. The molecule has 0 aromatic carbocycles. The standard InChI is InChI=1S/C15H17N3O4/c1-8-14(21-13(16-8)4-9-2-3-9)15(20)18-6-10(7-18)11-5-12(19)17-22-11/h5,9-10H,2-4,6-7H2,1H3,(H,17,19). The number of amides is 1. The second-order valence-electron chi connectivity index (χ2n) is 6.19. The van der Waals surface area contributed by atoms with Crippen molar-refractivity contribution in [1.82, 2.24) is 15.0 Å². The fraction of sp³-hybridized carbons (Fsp3) is 0.533. The number of carbonyl (C=O) groups excluding carboxylic acids is 1. The van der Waals surface area contributed by atoms with Gasteiger partial charge in [-0.15, -0.1) is 0 Å². The van der Waals surface area contributed by atoms with Crippen LogP contribution in [-0.2, 0) is 6.42 Å². The Morgan fingerprint density at radius 3 is 2.86 bits per heavy atom. The molecule has 22 heavy (non-hydrogen) atoms. The molecule has 1 saturated heterocycles. The van der Waals surface area contributed by atoms with Crippen LogP contribution >= 0.6 is 0 Å². The van der Waals surface area contributed by atoms with Gasteiger partial charge in [-0.3, -0.25) is 9.59 Å². The van der Waals surface area contributed by atoms with Crippen molar-refractivity contribution in [2.45, 2.75) is 32.1 Å². The number of nitrogens with one attached hydrogen (secondary N) is 1. The second-order valence-corrected chi connectivity index (χ2v) is 6.19. The fourth-order valence-electron chi connectivity index (χ4n) is 2.77. The average molecular weight is 303 g/mol. The second kappa shape index (κ2) is 4.86. The normalized spacial score (nSPS) is 18.5. The topological polar surface area (TPSA) is 92.3 Å². The molecule has 0 unspecified atom stereocenters. The lowest BCUT2D eigenvalue weighted by atomic mass is 9.97. The predicted molar refractivity (Wildman–Crippen MR) is 75.6 cm³/mol. The van der Waals surface area contributed by atoms with Crippen LogP contribution in [0.2, 0.25) is 0 Å². The third kappa shape index (κ3) is 2.36. The van der Waals surface area contributed by atoms with E-state index in [1.165, 1.54) is 18.9 Å². The number of carbonyl (C=O) groups is 1. The number of hydrogen-bond acceptors (Lipinski definition) is 5. The van der Waals surface area contributed by atoms with E-state index in [1.54, 1.807) is 11.8 Å². The Balaban J connectivity index is 1.42. The minimum Gasteiger partial charge on any atom is -0.435 e. The van der Waals surface area contributed by atoms with Crippen LogP contribution in [0.3, 0.4) is 0 Å². The van der Waals surface area contributed by atoms with E-state index in [4.69, 9.17) is 8.94 Å². The van der Waals surface area contributed by atoms with Crippen molar-refractivity contribution < 1.29 is 13.7 Å². The van der Waals surface area contributed by atoms with Gasteiger partial charge >= 0.3 is 0 Å². The Morgan fingerprint density at radius 2 is 2.23 bits per heavy atom. The monoisotopic (exact) mass is 303 g/mol. The number of hydrogen-bond donors (Lipinski definition) is 1. The molecule has 2 aromatic heterocycles. The highest BCUT2D eigenvalue weighted by Gasteiger charge is 2.37. The van der Waals surface area contributed by atoms with Gasteiger partial charge in [-0.2, -0.15) is 5.16 Å². The highest BCUT2D eigenvalue weighted by molar-refractivity contribution is 5.93. The molecule has 2 fully saturated rings. The molecule has 1 amide bonds. The summed E-state index contributed by atoms with van der Waals surface area (Å²) >= 11 is 0. The van der Waals surface area contributed by atoms with Gasteiger partial charge in [0, 0.05) is 25.6 Å². The van der Waals surface area contributed by atoms with Crippen LogP contribution in [-0.4, -0.2) is 34.0 Å². The maximum absolute atomic E-state index is 12.4. The summed E-state index contributed by atoms with van der Waals surface area (Å²) in [4.78, 5) is 29.5. The third-order valence-corrected chi connectivity index (χ3v) is 4.31. The number of aromatic nitrogens is 2. The molecule has 1 saturated carbocycles. The summed E-state index contributed by atoms with van der Waals surface area (Å²) in [5, 5.41) is 2.27. The van der Waals surface area contributed by atoms with Crippen LogP contribution in [0.1, 0.15) is 46.7 Å². The molecule has 0 bridgehead atoms. The molecule has 1 aliphatic carbocycles. The smallest absolute Gasteiger partial charge is 0.291 e. The zero-order valence-corrected chi connectivity index (χ0v) is 12.3. The van der Waals surface area contributed by atoms with Crippen LogP contribution in [0.5, 0.6) is 0 Å². The zero-order chi connectivity index (χ0) is 15.3. The molecule has 3 heterocycles. The van der Waals surface area contributed by atoms with Gasteiger partial charge in [0.15, 0.2) is 5.89 Å². The van der Waals surface area contributed by atoms with Crippen molar-refractivity contribution in [2.75, 3.05) is 13.1 Å². The molecule has 4 rings (SSSR count). The number of nitrogens with zero attached hydrogens (tertiary/aromatic N) is 2. The molecule has 7 nitrogen and oxygen atoms in total.